The third-order valence-electron chi connectivity index (χ3n) is 1.80. The van der Waals surface area contributed by atoms with E-state index < -0.39 is 0 Å². The van der Waals surface area contributed by atoms with E-state index in [4.69, 9.17) is 11.6 Å². The fourth-order valence-corrected chi connectivity index (χ4v) is 3.08. The molecule has 0 aliphatic carbocycles. The van der Waals surface area contributed by atoms with Crippen molar-refractivity contribution >= 4 is 11.6 Å². The second kappa shape index (κ2) is 3.81. The van der Waals surface area contributed by atoms with Gasteiger partial charge < -0.3 is 0 Å². The summed E-state index contributed by atoms with van der Waals surface area (Å²) in [6, 6.07) is 0. The van der Waals surface area contributed by atoms with Gasteiger partial charge in [0, 0.05) is 4.87 Å². The van der Waals surface area contributed by atoms with Gasteiger partial charge in [0.1, 0.15) is 0 Å². The van der Waals surface area contributed by atoms with Crippen LogP contribution in [0.2, 0.25) is 0 Å². The highest BCUT2D eigenvalue weighted by molar-refractivity contribution is 6.23. The van der Waals surface area contributed by atoms with Crippen LogP contribution in [0.5, 0.6) is 0 Å². The highest BCUT2D eigenvalue weighted by Crippen LogP contribution is 2.39. The lowest BCUT2D eigenvalue weighted by Crippen LogP contribution is -2.29. The zero-order chi connectivity index (χ0) is 10.9. The second-order valence-electron chi connectivity index (χ2n) is 6.89. The molecule has 0 rings (SSSR count). The largest absolute Gasteiger partial charge is 0.120 e. The Hall–Kier alpha value is 0.290. The van der Waals surface area contributed by atoms with Gasteiger partial charge in [-0.05, 0) is 30.6 Å². The first-order chi connectivity index (χ1) is 5.41. The quantitative estimate of drug-likeness (QED) is 0.564. The summed E-state index contributed by atoms with van der Waals surface area (Å²) in [4.78, 5) is -0.0590. The molecule has 0 saturated carbocycles. The molecule has 1 heteroatoms. The maximum absolute atomic E-state index is 6.51. The van der Waals surface area contributed by atoms with E-state index in [0.29, 0.717) is 10.8 Å². The van der Waals surface area contributed by atoms with Gasteiger partial charge in [0.25, 0.3) is 0 Å². The van der Waals surface area contributed by atoms with Gasteiger partial charge in [0.15, 0.2) is 0 Å². The Kier molecular flexibility index (Phi) is 3.89. The molecule has 0 aromatic rings. The van der Waals surface area contributed by atoms with Crippen LogP contribution >= 0.6 is 11.6 Å². The predicted octanol–water partition coefficient (Wildman–Crippen LogP) is 4.86. The maximum Gasteiger partial charge on any atom is 0.0428 e. The van der Waals surface area contributed by atoms with Crippen LogP contribution < -0.4 is 0 Å². The van der Waals surface area contributed by atoms with Crippen molar-refractivity contribution in [3.63, 3.8) is 0 Å². The van der Waals surface area contributed by atoms with E-state index >= 15 is 0 Å². The molecule has 0 nitrogen and oxygen atoms in total. The van der Waals surface area contributed by atoms with Crippen LogP contribution in [0.4, 0.5) is 0 Å². The molecular weight excluding hydrogens is 180 g/mol. The Morgan fingerprint density at radius 2 is 0.923 bits per heavy atom. The summed E-state index contributed by atoms with van der Waals surface area (Å²) in [6.45, 7) is 15.6. The minimum Gasteiger partial charge on any atom is -0.120 e. The molecule has 0 fully saturated rings. The molecule has 0 N–H and O–H groups in total. The van der Waals surface area contributed by atoms with Crippen molar-refractivity contribution in [2.24, 2.45) is 10.8 Å². The average Bonchev–Trinajstić information content (AvgIpc) is 1.43. The fourth-order valence-electron chi connectivity index (χ4n) is 2.27. The van der Waals surface area contributed by atoms with Gasteiger partial charge in [0.05, 0.1) is 0 Å². The summed E-state index contributed by atoms with van der Waals surface area (Å²) in [6.07, 6.45) is 2.14. The molecule has 0 saturated heterocycles. The zero-order valence-electron chi connectivity index (χ0n) is 10.3. The van der Waals surface area contributed by atoms with Crippen LogP contribution in [0.15, 0.2) is 0 Å². The molecule has 0 aromatic heterocycles. The summed E-state index contributed by atoms with van der Waals surface area (Å²) < 4.78 is 0. The van der Waals surface area contributed by atoms with Crippen LogP contribution in [0.1, 0.15) is 61.3 Å². The van der Waals surface area contributed by atoms with Crippen molar-refractivity contribution in [1.82, 2.24) is 0 Å². The minimum absolute atomic E-state index is 0.0590. The number of halogens is 1. The Morgan fingerprint density at radius 1 is 0.692 bits per heavy atom. The standard InChI is InChI=1S/C12H25Cl/c1-10(2,3)8-12(7,13)9-11(4,5)6/h8-9H2,1-7H3. The van der Waals surface area contributed by atoms with Gasteiger partial charge in [-0.1, -0.05) is 41.5 Å². The molecule has 0 bridgehead atoms. The first kappa shape index (κ1) is 13.3. The van der Waals surface area contributed by atoms with Gasteiger partial charge in [-0.2, -0.15) is 0 Å². The first-order valence-corrected chi connectivity index (χ1v) is 5.48. The van der Waals surface area contributed by atoms with E-state index in [2.05, 4.69) is 48.5 Å². The molecule has 0 aromatic carbocycles. The highest BCUT2D eigenvalue weighted by Gasteiger charge is 2.31. The van der Waals surface area contributed by atoms with Gasteiger partial charge in [-0.3, -0.25) is 0 Å². The van der Waals surface area contributed by atoms with E-state index in [-0.39, 0.29) is 4.87 Å². The third kappa shape index (κ3) is 8.62. The molecule has 0 amide bonds. The van der Waals surface area contributed by atoms with Crippen molar-refractivity contribution in [3.8, 4) is 0 Å². The van der Waals surface area contributed by atoms with E-state index in [1.54, 1.807) is 0 Å². The monoisotopic (exact) mass is 204 g/mol. The third-order valence-corrected chi connectivity index (χ3v) is 2.07. The van der Waals surface area contributed by atoms with E-state index in [9.17, 15) is 0 Å². The predicted molar refractivity (Wildman–Crippen MR) is 62.4 cm³/mol. The van der Waals surface area contributed by atoms with Crippen molar-refractivity contribution in [2.75, 3.05) is 0 Å². The van der Waals surface area contributed by atoms with E-state index in [0.717, 1.165) is 12.8 Å². The Morgan fingerprint density at radius 3 is 1.08 bits per heavy atom. The van der Waals surface area contributed by atoms with Gasteiger partial charge in [0.2, 0.25) is 0 Å². The molecule has 0 heterocycles. The minimum atomic E-state index is -0.0590. The Balaban J connectivity index is 4.25. The van der Waals surface area contributed by atoms with Gasteiger partial charge in [-0.25, -0.2) is 0 Å². The summed E-state index contributed by atoms with van der Waals surface area (Å²) >= 11 is 6.51. The van der Waals surface area contributed by atoms with E-state index in [1.807, 2.05) is 0 Å². The summed E-state index contributed by atoms with van der Waals surface area (Å²) in [5.41, 5.74) is 0.642. The summed E-state index contributed by atoms with van der Waals surface area (Å²) in [7, 11) is 0. The lowest BCUT2D eigenvalue weighted by molar-refractivity contribution is 0.253. The molecule has 0 atom stereocenters. The van der Waals surface area contributed by atoms with Gasteiger partial charge in [-0.15, -0.1) is 11.6 Å². The molecule has 0 spiro atoms. The van der Waals surface area contributed by atoms with Crippen LogP contribution in [0.3, 0.4) is 0 Å². The van der Waals surface area contributed by atoms with Crippen molar-refractivity contribution < 1.29 is 0 Å². The molecule has 0 aliphatic rings. The zero-order valence-corrected chi connectivity index (χ0v) is 11.0. The van der Waals surface area contributed by atoms with Crippen molar-refractivity contribution in [3.05, 3.63) is 0 Å². The Labute approximate surface area is 89.1 Å². The molecular formula is C12H25Cl. The van der Waals surface area contributed by atoms with Crippen molar-refractivity contribution in [2.45, 2.75) is 66.2 Å². The number of hydrogen-bond donors (Lipinski definition) is 0. The fraction of sp³-hybridized carbons (Fsp3) is 1.00. The highest BCUT2D eigenvalue weighted by atomic mass is 35.5. The maximum atomic E-state index is 6.51. The average molecular weight is 205 g/mol. The lowest BCUT2D eigenvalue weighted by atomic mass is 9.77. The summed E-state index contributed by atoms with van der Waals surface area (Å²) in [5, 5.41) is 0. The number of alkyl halides is 1. The molecule has 0 radical (unpaired) electrons. The summed E-state index contributed by atoms with van der Waals surface area (Å²) in [5.74, 6) is 0. The lowest BCUT2D eigenvalue weighted by Gasteiger charge is -2.35. The van der Waals surface area contributed by atoms with Gasteiger partial charge >= 0.3 is 0 Å². The van der Waals surface area contributed by atoms with Crippen LogP contribution in [-0.2, 0) is 0 Å². The molecule has 0 unspecified atom stereocenters. The first-order valence-electron chi connectivity index (χ1n) is 5.10. The number of hydrogen-bond acceptors (Lipinski definition) is 0. The number of rotatable bonds is 2. The van der Waals surface area contributed by atoms with Crippen LogP contribution in [-0.4, -0.2) is 4.87 Å². The topological polar surface area (TPSA) is 0 Å². The smallest absolute Gasteiger partial charge is 0.0428 e. The van der Waals surface area contributed by atoms with Crippen molar-refractivity contribution in [1.29, 1.82) is 0 Å². The Bertz CT molecular complexity index is 137. The second-order valence-corrected chi connectivity index (χ2v) is 7.80. The molecule has 80 valence electrons. The van der Waals surface area contributed by atoms with E-state index in [1.165, 1.54) is 0 Å². The molecule has 0 aliphatic heterocycles. The SMILES string of the molecule is CC(C)(C)CC(C)(Cl)CC(C)(C)C. The molecule has 13 heavy (non-hydrogen) atoms. The van der Waals surface area contributed by atoms with Crippen LogP contribution in [0.25, 0.3) is 0 Å². The van der Waals surface area contributed by atoms with Crippen LogP contribution in [0, 0.1) is 10.8 Å². The normalized spacial score (nSPS) is 14.8.